The van der Waals surface area contributed by atoms with Crippen molar-refractivity contribution in [2.75, 3.05) is 5.32 Å². The fraction of sp³-hybridized carbons (Fsp3) is 0.118. The molecule has 20 heavy (non-hydrogen) atoms. The fourth-order valence-electron chi connectivity index (χ4n) is 1.75. The first-order valence-corrected chi connectivity index (χ1v) is 7.16. The molecule has 2 aromatic rings. The molecule has 0 aliphatic carbocycles. The Morgan fingerprint density at radius 2 is 1.75 bits per heavy atom. The van der Waals surface area contributed by atoms with Crippen LogP contribution in [0.1, 0.15) is 21.5 Å². The Labute approximate surface area is 127 Å². The largest absolute Gasteiger partial charge is 0.362 e. The van der Waals surface area contributed by atoms with Gasteiger partial charge in [0.05, 0.1) is 0 Å². The second-order valence-corrected chi connectivity index (χ2v) is 5.56. The van der Waals surface area contributed by atoms with Crippen molar-refractivity contribution in [2.24, 2.45) is 0 Å². The third-order valence-electron chi connectivity index (χ3n) is 3.12. The first-order valence-electron chi connectivity index (χ1n) is 6.36. The molecule has 0 aromatic heterocycles. The van der Waals surface area contributed by atoms with Gasteiger partial charge in [-0.1, -0.05) is 28.1 Å². The molecule has 2 nitrogen and oxygen atoms in total. The summed E-state index contributed by atoms with van der Waals surface area (Å²) in [5, 5.41) is 3.08. The molecule has 0 saturated carbocycles. The van der Waals surface area contributed by atoms with Gasteiger partial charge in [-0.05, 0) is 55.3 Å². The lowest BCUT2D eigenvalue weighted by molar-refractivity contribution is 0.104. The van der Waals surface area contributed by atoms with E-state index < -0.39 is 0 Å². The number of aryl methyl sites for hydroxylation is 2. The minimum Gasteiger partial charge on any atom is -0.362 e. The highest BCUT2D eigenvalue weighted by Gasteiger charge is 2.02. The van der Waals surface area contributed by atoms with Gasteiger partial charge in [-0.15, -0.1) is 0 Å². The van der Waals surface area contributed by atoms with Gasteiger partial charge in [0, 0.05) is 28.0 Å². The number of benzene rings is 2. The van der Waals surface area contributed by atoms with Crippen LogP contribution in [-0.2, 0) is 0 Å². The van der Waals surface area contributed by atoms with Crippen LogP contribution in [0.15, 0.2) is 59.2 Å². The minimum absolute atomic E-state index is 0.00212. The third-order valence-corrected chi connectivity index (χ3v) is 3.65. The first kappa shape index (κ1) is 14.5. The van der Waals surface area contributed by atoms with E-state index in [1.807, 2.05) is 56.3 Å². The van der Waals surface area contributed by atoms with Crippen molar-refractivity contribution in [3.05, 3.63) is 75.9 Å². The number of allylic oxidation sites excluding steroid dienone is 1. The lowest BCUT2D eigenvalue weighted by Gasteiger charge is -2.02. The van der Waals surface area contributed by atoms with Crippen molar-refractivity contribution in [1.29, 1.82) is 0 Å². The summed E-state index contributed by atoms with van der Waals surface area (Å²) in [4.78, 5) is 12.0. The van der Waals surface area contributed by atoms with E-state index in [4.69, 9.17) is 0 Å². The van der Waals surface area contributed by atoms with Crippen molar-refractivity contribution in [3.8, 4) is 0 Å². The van der Waals surface area contributed by atoms with Gasteiger partial charge in [-0.3, -0.25) is 4.79 Å². The molecule has 0 bridgehead atoms. The van der Waals surface area contributed by atoms with E-state index in [-0.39, 0.29) is 5.78 Å². The van der Waals surface area contributed by atoms with Crippen molar-refractivity contribution in [3.63, 3.8) is 0 Å². The van der Waals surface area contributed by atoms with Gasteiger partial charge < -0.3 is 5.32 Å². The number of anilines is 1. The quantitative estimate of drug-likeness (QED) is 0.640. The van der Waals surface area contributed by atoms with Gasteiger partial charge >= 0.3 is 0 Å². The summed E-state index contributed by atoms with van der Waals surface area (Å²) >= 11 is 3.38. The second kappa shape index (κ2) is 6.53. The Bertz CT molecular complexity index is 645. The number of rotatable bonds is 4. The van der Waals surface area contributed by atoms with Crippen LogP contribution in [-0.4, -0.2) is 5.78 Å². The number of hydrogen-bond acceptors (Lipinski definition) is 2. The van der Waals surface area contributed by atoms with Gasteiger partial charge in [0.15, 0.2) is 5.78 Å². The Morgan fingerprint density at radius 1 is 1.05 bits per heavy atom. The van der Waals surface area contributed by atoms with Gasteiger partial charge in [-0.25, -0.2) is 0 Å². The zero-order valence-electron chi connectivity index (χ0n) is 11.5. The SMILES string of the molecule is Cc1ccc(C(=O)C=CNc2ccc(Br)cc2)cc1C. The zero-order chi connectivity index (χ0) is 14.5. The number of halogens is 1. The fourth-order valence-corrected chi connectivity index (χ4v) is 2.01. The van der Waals surface area contributed by atoms with Crippen LogP contribution < -0.4 is 5.32 Å². The second-order valence-electron chi connectivity index (χ2n) is 4.65. The maximum atomic E-state index is 12.0. The predicted octanol–water partition coefficient (Wildman–Crippen LogP) is 4.87. The van der Waals surface area contributed by atoms with E-state index in [0.29, 0.717) is 5.56 Å². The maximum absolute atomic E-state index is 12.0. The Balaban J connectivity index is 2.01. The van der Waals surface area contributed by atoms with Crippen LogP contribution in [0.25, 0.3) is 0 Å². The number of hydrogen-bond donors (Lipinski definition) is 1. The lowest BCUT2D eigenvalue weighted by atomic mass is 10.0. The molecule has 102 valence electrons. The molecule has 0 unspecified atom stereocenters. The van der Waals surface area contributed by atoms with Crippen molar-refractivity contribution < 1.29 is 4.79 Å². The van der Waals surface area contributed by atoms with Crippen LogP contribution in [0.2, 0.25) is 0 Å². The molecule has 2 rings (SSSR count). The normalized spacial score (nSPS) is 10.8. The van der Waals surface area contributed by atoms with Gasteiger partial charge in [0.25, 0.3) is 0 Å². The van der Waals surface area contributed by atoms with Crippen LogP contribution in [0, 0.1) is 13.8 Å². The number of carbonyl (C=O) groups excluding carboxylic acids is 1. The van der Waals surface area contributed by atoms with E-state index in [1.54, 1.807) is 12.3 Å². The minimum atomic E-state index is -0.00212. The van der Waals surface area contributed by atoms with Crippen LogP contribution in [0.5, 0.6) is 0 Å². The first-order chi connectivity index (χ1) is 9.56. The molecule has 0 atom stereocenters. The summed E-state index contributed by atoms with van der Waals surface area (Å²) in [5.74, 6) is -0.00212. The van der Waals surface area contributed by atoms with Crippen molar-refractivity contribution >= 4 is 27.4 Å². The molecular formula is C17H16BrNO. The highest BCUT2D eigenvalue weighted by Crippen LogP contribution is 2.14. The number of ketones is 1. The summed E-state index contributed by atoms with van der Waals surface area (Å²) in [5.41, 5.74) is 3.97. The van der Waals surface area contributed by atoms with Crippen LogP contribution in [0.3, 0.4) is 0 Å². The topological polar surface area (TPSA) is 29.1 Å². The zero-order valence-corrected chi connectivity index (χ0v) is 13.1. The lowest BCUT2D eigenvalue weighted by Crippen LogP contribution is -1.97. The molecule has 0 radical (unpaired) electrons. The average Bonchev–Trinajstić information content (AvgIpc) is 2.44. The summed E-state index contributed by atoms with van der Waals surface area (Å²) in [6.07, 6.45) is 3.22. The highest BCUT2D eigenvalue weighted by molar-refractivity contribution is 9.10. The molecule has 3 heteroatoms. The van der Waals surface area contributed by atoms with Gasteiger partial charge in [-0.2, -0.15) is 0 Å². The standard InChI is InChI=1S/C17H16BrNO/c1-12-3-4-14(11-13(12)2)17(20)9-10-19-16-7-5-15(18)6-8-16/h3-11,19H,1-2H3. The molecule has 0 heterocycles. The molecule has 2 aromatic carbocycles. The summed E-state index contributed by atoms with van der Waals surface area (Å²) in [7, 11) is 0. The monoisotopic (exact) mass is 329 g/mol. The average molecular weight is 330 g/mol. The van der Waals surface area contributed by atoms with Crippen molar-refractivity contribution in [2.45, 2.75) is 13.8 Å². The molecule has 0 aliphatic heterocycles. The van der Waals surface area contributed by atoms with E-state index in [1.165, 1.54) is 5.56 Å². The molecule has 0 aliphatic rings. The maximum Gasteiger partial charge on any atom is 0.187 e. The van der Waals surface area contributed by atoms with E-state index in [2.05, 4.69) is 21.2 Å². The molecule has 1 N–H and O–H groups in total. The van der Waals surface area contributed by atoms with Crippen LogP contribution in [0.4, 0.5) is 5.69 Å². The summed E-state index contributed by atoms with van der Waals surface area (Å²) < 4.78 is 1.03. The molecule has 0 fully saturated rings. The molecule has 0 spiro atoms. The Kier molecular flexibility index (Phi) is 4.74. The summed E-state index contributed by atoms with van der Waals surface area (Å²) in [6, 6.07) is 13.5. The molecule has 0 amide bonds. The van der Waals surface area contributed by atoms with E-state index in [9.17, 15) is 4.79 Å². The highest BCUT2D eigenvalue weighted by atomic mass is 79.9. The predicted molar refractivity (Wildman–Crippen MR) is 87.2 cm³/mol. The smallest absolute Gasteiger partial charge is 0.187 e. The van der Waals surface area contributed by atoms with Crippen LogP contribution >= 0.6 is 15.9 Å². The van der Waals surface area contributed by atoms with E-state index in [0.717, 1.165) is 15.7 Å². The van der Waals surface area contributed by atoms with Gasteiger partial charge in [0.2, 0.25) is 0 Å². The van der Waals surface area contributed by atoms with Gasteiger partial charge in [0.1, 0.15) is 0 Å². The van der Waals surface area contributed by atoms with E-state index >= 15 is 0 Å². The third kappa shape index (κ3) is 3.81. The number of carbonyl (C=O) groups is 1. The number of nitrogens with one attached hydrogen (secondary N) is 1. The van der Waals surface area contributed by atoms with Crippen molar-refractivity contribution in [1.82, 2.24) is 0 Å². The Hall–Kier alpha value is -1.87. The summed E-state index contributed by atoms with van der Waals surface area (Å²) in [6.45, 7) is 4.05. The molecule has 0 saturated heterocycles. The molecular weight excluding hydrogens is 314 g/mol. The Morgan fingerprint density at radius 3 is 2.40 bits per heavy atom.